The van der Waals surface area contributed by atoms with Crippen molar-refractivity contribution in [3.05, 3.63) is 0 Å². The van der Waals surface area contributed by atoms with Gasteiger partial charge in [-0.25, -0.2) is 13.1 Å². The average molecular weight is 220 g/mol. The van der Waals surface area contributed by atoms with E-state index in [1.807, 2.05) is 13.8 Å². The number of hydrogen-bond donors (Lipinski definition) is 2. The lowest BCUT2D eigenvalue weighted by molar-refractivity contribution is -0.123. The topological polar surface area (TPSA) is 75.3 Å². The molecule has 1 aliphatic rings. The van der Waals surface area contributed by atoms with Crippen LogP contribution in [-0.4, -0.2) is 32.7 Å². The number of rotatable bonds is 1. The van der Waals surface area contributed by atoms with Gasteiger partial charge in [0, 0.05) is 6.54 Å². The Hall–Kier alpha value is -0.620. The first-order valence-electron chi connectivity index (χ1n) is 4.70. The molecule has 5 nitrogen and oxygen atoms in total. The van der Waals surface area contributed by atoms with E-state index < -0.39 is 16.1 Å². The Morgan fingerprint density at radius 2 is 2.07 bits per heavy atom. The molecule has 0 aliphatic carbocycles. The lowest BCUT2D eigenvalue weighted by Crippen LogP contribution is -2.52. The van der Waals surface area contributed by atoms with E-state index in [1.54, 1.807) is 0 Å². The summed E-state index contributed by atoms with van der Waals surface area (Å²) >= 11 is 0. The average Bonchev–Trinajstić information content (AvgIpc) is 2.06. The third-order valence-electron chi connectivity index (χ3n) is 2.14. The molecule has 6 heteroatoms. The Morgan fingerprint density at radius 3 is 2.64 bits per heavy atom. The smallest absolute Gasteiger partial charge is 0.238 e. The van der Waals surface area contributed by atoms with Gasteiger partial charge in [0.25, 0.3) is 0 Å². The van der Waals surface area contributed by atoms with Gasteiger partial charge in [-0.2, -0.15) is 0 Å². The molecule has 0 aromatic rings. The number of carbonyl (C=O) groups excluding carboxylic acids is 1. The summed E-state index contributed by atoms with van der Waals surface area (Å²) in [5.74, 6) is -0.192. The van der Waals surface area contributed by atoms with Gasteiger partial charge in [0.15, 0.2) is 0 Å². The molecule has 0 aromatic heterocycles. The molecule has 0 saturated carbocycles. The number of amides is 1. The number of hydrogen-bond acceptors (Lipinski definition) is 3. The van der Waals surface area contributed by atoms with Gasteiger partial charge >= 0.3 is 0 Å². The summed E-state index contributed by atoms with van der Waals surface area (Å²) in [4.78, 5) is 11.5. The minimum absolute atomic E-state index is 0.0390. The second kappa shape index (κ2) is 4.27. The molecule has 82 valence electrons. The molecular formula is C8H16N2O3S. The van der Waals surface area contributed by atoms with Gasteiger partial charge in [0.1, 0.15) is 6.04 Å². The lowest BCUT2D eigenvalue weighted by Gasteiger charge is -2.23. The Labute approximate surface area is 84.3 Å². The Bertz CT molecular complexity index is 311. The first-order chi connectivity index (χ1) is 6.42. The number of carbonyl (C=O) groups is 1. The molecule has 0 bridgehead atoms. The van der Waals surface area contributed by atoms with E-state index in [4.69, 9.17) is 0 Å². The van der Waals surface area contributed by atoms with Crippen LogP contribution < -0.4 is 10.0 Å². The van der Waals surface area contributed by atoms with Crippen molar-refractivity contribution >= 4 is 15.9 Å². The van der Waals surface area contributed by atoms with Crippen molar-refractivity contribution in [1.82, 2.24) is 10.0 Å². The van der Waals surface area contributed by atoms with E-state index in [0.29, 0.717) is 13.0 Å². The fourth-order valence-corrected chi connectivity index (χ4v) is 2.74. The first-order valence-corrected chi connectivity index (χ1v) is 6.35. The van der Waals surface area contributed by atoms with Gasteiger partial charge in [-0.1, -0.05) is 13.8 Å². The molecule has 0 radical (unpaired) electrons. The van der Waals surface area contributed by atoms with Gasteiger partial charge in [-0.05, 0) is 12.3 Å². The molecule has 0 aromatic carbocycles. The van der Waals surface area contributed by atoms with Crippen molar-refractivity contribution in [3.63, 3.8) is 0 Å². The van der Waals surface area contributed by atoms with E-state index >= 15 is 0 Å². The molecule has 1 amide bonds. The highest BCUT2D eigenvalue weighted by molar-refractivity contribution is 7.89. The molecule has 2 N–H and O–H groups in total. The summed E-state index contributed by atoms with van der Waals surface area (Å²) in [6, 6.07) is -0.639. The molecule has 1 saturated heterocycles. The largest absolute Gasteiger partial charge is 0.355 e. The molecule has 1 atom stereocenters. The van der Waals surface area contributed by atoms with E-state index in [2.05, 4.69) is 10.0 Å². The minimum atomic E-state index is -3.28. The van der Waals surface area contributed by atoms with Crippen molar-refractivity contribution < 1.29 is 13.2 Å². The summed E-state index contributed by atoms with van der Waals surface area (Å²) in [5, 5.41) is 2.69. The second-order valence-electron chi connectivity index (χ2n) is 3.80. The molecule has 1 fully saturated rings. The predicted octanol–water partition coefficient (Wildman–Crippen LogP) is -0.550. The highest BCUT2D eigenvalue weighted by Gasteiger charge is 2.28. The fourth-order valence-electron chi connectivity index (χ4n) is 1.33. The SMILES string of the molecule is CC(C)[C@@H]1NS(=O)(=O)CCCNC1=O. The summed E-state index contributed by atoms with van der Waals surface area (Å²) in [6.45, 7) is 4.06. The molecule has 1 heterocycles. The molecule has 0 spiro atoms. The Morgan fingerprint density at radius 1 is 1.43 bits per heavy atom. The van der Waals surface area contributed by atoms with Gasteiger partial charge in [0.2, 0.25) is 15.9 Å². The van der Waals surface area contributed by atoms with Crippen molar-refractivity contribution in [3.8, 4) is 0 Å². The van der Waals surface area contributed by atoms with Gasteiger partial charge < -0.3 is 5.32 Å². The number of sulfonamides is 1. The third kappa shape index (κ3) is 2.95. The normalized spacial score (nSPS) is 27.9. The molecule has 1 rings (SSSR count). The zero-order chi connectivity index (χ0) is 10.8. The molecule has 14 heavy (non-hydrogen) atoms. The van der Waals surface area contributed by atoms with E-state index in [9.17, 15) is 13.2 Å². The monoisotopic (exact) mass is 220 g/mol. The standard InChI is InChI=1S/C8H16N2O3S/c1-6(2)7-8(11)9-4-3-5-14(12,13)10-7/h6-7,10H,3-5H2,1-2H3,(H,9,11)/t7-/m0/s1. The maximum atomic E-state index is 11.5. The maximum Gasteiger partial charge on any atom is 0.238 e. The van der Waals surface area contributed by atoms with Gasteiger partial charge in [-0.15, -0.1) is 0 Å². The van der Waals surface area contributed by atoms with Crippen molar-refractivity contribution in [1.29, 1.82) is 0 Å². The van der Waals surface area contributed by atoms with Crippen LogP contribution in [0.15, 0.2) is 0 Å². The Kier molecular flexibility index (Phi) is 3.49. The van der Waals surface area contributed by atoms with Crippen LogP contribution >= 0.6 is 0 Å². The van der Waals surface area contributed by atoms with Crippen LogP contribution in [0.25, 0.3) is 0 Å². The molecular weight excluding hydrogens is 204 g/mol. The summed E-state index contributed by atoms with van der Waals surface area (Å²) in [6.07, 6.45) is 0.464. The Balaban J connectivity index is 2.83. The van der Waals surface area contributed by atoms with E-state index in [-0.39, 0.29) is 17.6 Å². The minimum Gasteiger partial charge on any atom is -0.355 e. The van der Waals surface area contributed by atoms with Gasteiger partial charge in [0.05, 0.1) is 5.75 Å². The first kappa shape index (κ1) is 11.5. The van der Waals surface area contributed by atoms with Crippen LogP contribution in [-0.2, 0) is 14.8 Å². The van der Waals surface area contributed by atoms with E-state index in [0.717, 1.165) is 0 Å². The molecule has 0 unspecified atom stereocenters. The number of nitrogens with one attached hydrogen (secondary N) is 2. The van der Waals surface area contributed by atoms with Crippen molar-refractivity contribution in [2.45, 2.75) is 26.3 Å². The van der Waals surface area contributed by atoms with Gasteiger partial charge in [-0.3, -0.25) is 4.79 Å². The summed E-state index contributed by atoms with van der Waals surface area (Å²) in [5.41, 5.74) is 0. The quantitative estimate of drug-likeness (QED) is 0.622. The fraction of sp³-hybridized carbons (Fsp3) is 0.875. The zero-order valence-electron chi connectivity index (χ0n) is 8.41. The second-order valence-corrected chi connectivity index (χ2v) is 5.68. The highest BCUT2D eigenvalue weighted by atomic mass is 32.2. The highest BCUT2D eigenvalue weighted by Crippen LogP contribution is 2.06. The van der Waals surface area contributed by atoms with E-state index in [1.165, 1.54) is 0 Å². The summed E-state index contributed by atoms with van der Waals surface area (Å²) in [7, 11) is -3.28. The zero-order valence-corrected chi connectivity index (χ0v) is 9.23. The van der Waals surface area contributed by atoms with Crippen LogP contribution in [0.1, 0.15) is 20.3 Å². The maximum absolute atomic E-state index is 11.5. The van der Waals surface area contributed by atoms with Crippen LogP contribution in [0.5, 0.6) is 0 Å². The lowest BCUT2D eigenvalue weighted by atomic mass is 10.1. The van der Waals surface area contributed by atoms with Crippen LogP contribution in [0.3, 0.4) is 0 Å². The van der Waals surface area contributed by atoms with Crippen LogP contribution in [0.2, 0.25) is 0 Å². The van der Waals surface area contributed by atoms with Crippen LogP contribution in [0, 0.1) is 5.92 Å². The predicted molar refractivity (Wildman–Crippen MR) is 53.2 cm³/mol. The van der Waals surface area contributed by atoms with Crippen molar-refractivity contribution in [2.75, 3.05) is 12.3 Å². The summed E-state index contributed by atoms with van der Waals surface area (Å²) < 4.78 is 25.2. The van der Waals surface area contributed by atoms with Crippen molar-refractivity contribution in [2.24, 2.45) is 5.92 Å². The molecule has 1 aliphatic heterocycles. The van der Waals surface area contributed by atoms with Crippen LogP contribution in [0.4, 0.5) is 0 Å². The third-order valence-corrected chi connectivity index (χ3v) is 3.58.